The summed E-state index contributed by atoms with van der Waals surface area (Å²) in [4.78, 5) is 23.3. The second kappa shape index (κ2) is 9.86. The van der Waals surface area contributed by atoms with E-state index in [1.54, 1.807) is 0 Å². The van der Waals surface area contributed by atoms with Crippen LogP contribution in [0.4, 0.5) is 0 Å². The van der Waals surface area contributed by atoms with Gasteiger partial charge in [-0.1, -0.05) is 0 Å². The molecule has 1 unspecified atom stereocenters. The molecule has 0 aliphatic carbocycles. The highest BCUT2D eigenvalue weighted by Gasteiger charge is 2.26. The van der Waals surface area contributed by atoms with E-state index < -0.39 is 22.0 Å². The van der Waals surface area contributed by atoms with E-state index in [-0.39, 0.29) is 40.9 Å². The summed E-state index contributed by atoms with van der Waals surface area (Å²) in [5.41, 5.74) is -0.0979. The first-order valence-electron chi connectivity index (χ1n) is 7.90. The molecule has 1 aromatic carbocycles. The van der Waals surface area contributed by atoms with E-state index in [0.29, 0.717) is 0 Å². The number of piperidine rings is 1. The van der Waals surface area contributed by atoms with Gasteiger partial charge in [0.2, 0.25) is 10.0 Å². The number of hydrogen-bond acceptors (Lipinski definition) is 7. The van der Waals surface area contributed by atoms with Crippen molar-refractivity contribution in [3.05, 3.63) is 29.3 Å². The minimum atomic E-state index is -4.00. The molecule has 0 spiro atoms. The quantitative estimate of drug-likeness (QED) is 0.677. The van der Waals surface area contributed by atoms with Crippen LogP contribution in [0.1, 0.15) is 33.6 Å². The molecule has 2 rings (SSSR count). The number of sulfonamides is 1. The molecular formula is C16H23ClN2O6S. The predicted molar refractivity (Wildman–Crippen MR) is 97.2 cm³/mol. The Hall–Kier alpha value is -1.68. The van der Waals surface area contributed by atoms with E-state index >= 15 is 0 Å². The Morgan fingerprint density at radius 1 is 1.23 bits per heavy atom. The Morgan fingerprint density at radius 3 is 2.50 bits per heavy atom. The number of esters is 2. The van der Waals surface area contributed by atoms with Crippen LogP contribution in [0.3, 0.4) is 0 Å². The highest BCUT2D eigenvalue weighted by atomic mass is 35.5. The van der Waals surface area contributed by atoms with Gasteiger partial charge in [-0.3, -0.25) is 0 Å². The van der Waals surface area contributed by atoms with Crippen molar-refractivity contribution in [2.75, 3.05) is 33.9 Å². The molecule has 1 heterocycles. The van der Waals surface area contributed by atoms with Crippen LogP contribution in [-0.4, -0.2) is 54.2 Å². The van der Waals surface area contributed by atoms with Crippen LogP contribution in [0.5, 0.6) is 0 Å². The maximum Gasteiger partial charge on any atom is 0.339 e. The molecule has 1 aliphatic rings. The van der Waals surface area contributed by atoms with Crippen molar-refractivity contribution in [3.8, 4) is 0 Å². The molecule has 2 N–H and O–H groups in total. The smallest absolute Gasteiger partial charge is 0.339 e. The van der Waals surface area contributed by atoms with Gasteiger partial charge in [0, 0.05) is 6.54 Å². The second-order valence-electron chi connectivity index (χ2n) is 5.76. The lowest BCUT2D eigenvalue weighted by atomic mass is 10.0. The number of carbonyl (C=O) groups excluding carboxylic acids is 2. The van der Waals surface area contributed by atoms with Gasteiger partial charge >= 0.3 is 11.9 Å². The van der Waals surface area contributed by atoms with Crippen molar-refractivity contribution in [1.82, 2.24) is 10.0 Å². The zero-order valence-electron chi connectivity index (χ0n) is 14.6. The molecule has 8 nitrogen and oxygen atoms in total. The molecule has 1 fully saturated rings. The first-order valence-corrected chi connectivity index (χ1v) is 9.38. The number of ether oxygens (including phenoxy) is 2. The lowest BCUT2D eigenvalue weighted by molar-refractivity contribution is 0.0583. The molecule has 0 amide bonds. The Kier molecular flexibility index (Phi) is 8.48. The highest BCUT2D eigenvalue weighted by molar-refractivity contribution is 7.89. The maximum absolute atomic E-state index is 12.7. The minimum Gasteiger partial charge on any atom is -0.465 e. The van der Waals surface area contributed by atoms with Crippen molar-refractivity contribution in [2.24, 2.45) is 5.92 Å². The lowest BCUT2D eigenvalue weighted by Crippen LogP contribution is -2.38. The normalized spacial score (nSPS) is 17.1. The molecule has 146 valence electrons. The summed E-state index contributed by atoms with van der Waals surface area (Å²) in [7, 11) is -1.64. The van der Waals surface area contributed by atoms with Crippen LogP contribution < -0.4 is 10.0 Å². The summed E-state index contributed by atoms with van der Waals surface area (Å²) in [6, 6.07) is 3.69. The summed E-state index contributed by atoms with van der Waals surface area (Å²) < 4.78 is 37.1. The van der Waals surface area contributed by atoms with Crippen molar-refractivity contribution in [1.29, 1.82) is 0 Å². The largest absolute Gasteiger partial charge is 0.465 e. The van der Waals surface area contributed by atoms with Gasteiger partial charge in [0.25, 0.3) is 0 Å². The maximum atomic E-state index is 12.7. The molecule has 1 aromatic rings. The molecule has 26 heavy (non-hydrogen) atoms. The van der Waals surface area contributed by atoms with E-state index in [9.17, 15) is 18.0 Å². The summed E-state index contributed by atoms with van der Waals surface area (Å²) in [5.74, 6) is -1.31. The first-order chi connectivity index (χ1) is 11.9. The fraction of sp³-hybridized carbons (Fsp3) is 0.500. The van der Waals surface area contributed by atoms with Crippen LogP contribution in [0.2, 0.25) is 0 Å². The molecule has 0 saturated carbocycles. The van der Waals surface area contributed by atoms with Crippen molar-refractivity contribution >= 4 is 34.4 Å². The average Bonchev–Trinajstić information content (AvgIpc) is 2.65. The Balaban J connectivity index is 0.00000338. The number of benzene rings is 1. The number of rotatable bonds is 6. The third kappa shape index (κ3) is 5.41. The predicted octanol–water partition coefficient (Wildman–Crippen LogP) is 0.960. The molecule has 1 atom stereocenters. The zero-order chi connectivity index (χ0) is 18.4. The number of hydrogen-bond donors (Lipinski definition) is 2. The monoisotopic (exact) mass is 406 g/mol. The molecule has 10 heteroatoms. The Labute approximate surface area is 159 Å². The second-order valence-corrected chi connectivity index (χ2v) is 7.49. The Morgan fingerprint density at radius 2 is 1.92 bits per heavy atom. The standard InChI is InChI=1S/C16H22N2O6S.ClH/c1-23-15(19)12-5-6-13(16(20)24-2)14(8-12)25(21,22)18-10-11-4-3-7-17-9-11;/h5-6,8,11,17-18H,3-4,7,9-10H2,1-2H3;1H. The zero-order valence-corrected chi connectivity index (χ0v) is 16.2. The van der Waals surface area contributed by atoms with Crippen LogP contribution in [0, 0.1) is 5.92 Å². The van der Waals surface area contributed by atoms with Crippen molar-refractivity contribution in [2.45, 2.75) is 17.7 Å². The fourth-order valence-electron chi connectivity index (χ4n) is 2.67. The van der Waals surface area contributed by atoms with Crippen molar-refractivity contribution in [3.63, 3.8) is 0 Å². The molecular weight excluding hydrogens is 384 g/mol. The van der Waals surface area contributed by atoms with Gasteiger partial charge in [-0.05, 0) is 50.0 Å². The van der Waals surface area contributed by atoms with Gasteiger partial charge in [-0.2, -0.15) is 0 Å². The van der Waals surface area contributed by atoms with Gasteiger partial charge in [0.1, 0.15) is 0 Å². The first kappa shape index (κ1) is 22.4. The van der Waals surface area contributed by atoms with E-state index in [1.807, 2.05) is 0 Å². The van der Waals surface area contributed by atoms with Crippen LogP contribution >= 0.6 is 12.4 Å². The van der Waals surface area contributed by atoms with Gasteiger partial charge < -0.3 is 14.8 Å². The number of carbonyl (C=O) groups is 2. The summed E-state index contributed by atoms with van der Waals surface area (Å²) in [5, 5.41) is 3.21. The molecule has 1 saturated heterocycles. The van der Waals surface area contributed by atoms with E-state index in [0.717, 1.165) is 39.1 Å². The topological polar surface area (TPSA) is 111 Å². The lowest BCUT2D eigenvalue weighted by Gasteiger charge is -2.23. The molecule has 1 aliphatic heterocycles. The van der Waals surface area contributed by atoms with E-state index in [2.05, 4.69) is 19.5 Å². The number of halogens is 1. The van der Waals surface area contributed by atoms with Gasteiger partial charge in [0.05, 0.1) is 30.2 Å². The third-order valence-corrected chi connectivity index (χ3v) is 5.52. The summed E-state index contributed by atoms with van der Waals surface area (Å²) >= 11 is 0. The minimum absolute atomic E-state index is 0. The number of nitrogens with one attached hydrogen (secondary N) is 2. The fourth-order valence-corrected chi connectivity index (χ4v) is 4.01. The summed E-state index contributed by atoms with van der Waals surface area (Å²) in [6.07, 6.45) is 1.90. The van der Waals surface area contributed by atoms with Gasteiger partial charge in [-0.15, -0.1) is 12.4 Å². The van der Waals surface area contributed by atoms with Gasteiger partial charge in [-0.25, -0.2) is 22.7 Å². The van der Waals surface area contributed by atoms with Crippen molar-refractivity contribution < 1.29 is 27.5 Å². The molecule has 0 radical (unpaired) electrons. The van der Waals surface area contributed by atoms with Crippen LogP contribution in [-0.2, 0) is 19.5 Å². The van der Waals surface area contributed by atoms with Gasteiger partial charge in [0.15, 0.2) is 0 Å². The Bertz CT molecular complexity index is 747. The summed E-state index contributed by atoms with van der Waals surface area (Å²) in [6.45, 7) is 1.91. The average molecular weight is 407 g/mol. The van der Waals surface area contributed by atoms with E-state index in [4.69, 9.17) is 0 Å². The van der Waals surface area contributed by atoms with E-state index in [1.165, 1.54) is 19.2 Å². The van der Waals surface area contributed by atoms with Crippen LogP contribution in [0.15, 0.2) is 23.1 Å². The molecule has 0 bridgehead atoms. The number of methoxy groups -OCH3 is 2. The highest BCUT2D eigenvalue weighted by Crippen LogP contribution is 2.20. The van der Waals surface area contributed by atoms with Crippen LogP contribution in [0.25, 0.3) is 0 Å². The SMILES string of the molecule is COC(=O)c1ccc(C(=O)OC)c(S(=O)(=O)NCC2CCCNC2)c1.Cl. The third-order valence-electron chi connectivity index (χ3n) is 4.06. The molecule has 0 aromatic heterocycles.